The summed E-state index contributed by atoms with van der Waals surface area (Å²) in [5.74, 6) is 0.592. The predicted octanol–water partition coefficient (Wildman–Crippen LogP) is 2.67. The second-order valence-electron chi connectivity index (χ2n) is 5.33. The first kappa shape index (κ1) is 13.8. The van der Waals surface area contributed by atoms with Crippen LogP contribution in [-0.2, 0) is 0 Å². The van der Waals surface area contributed by atoms with Gasteiger partial charge >= 0.3 is 0 Å². The fourth-order valence-electron chi connectivity index (χ4n) is 2.45. The molecule has 0 unspecified atom stereocenters. The smallest absolute Gasteiger partial charge is 0.267 e. The first-order valence-corrected chi connectivity index (χ1v) is 8.06. The average molecular weight is 319 g/mol. The van der Waals surface area contributed by atoms with Gasteiger partial charge in [0.15, 0.2) is 5.82 Å². The van der Waals surface area contributed by atoms with Crippen molar-refractivity contribution in [2.24, 2.45) is 0 Å². The van der Waals surface area contributed by atoms with Gasteiger partial charge in [-0.3, -0.25) is 4.79 Å². The maximum atomic E-state index is 12.7. The van der Waals surface area contributed by atoms with E-state index in [9.17, 15) is 4.79 Å². The van der Waals surface area contributed by atoms with Gasteiger partial charge in [-0.15, -0.1) is 10.2 Å². The molecule has 0 atom stereocenters. The van der Waals surface area contributed by atoms with Crippen molar-refractivity contribution in [3.05, 3.63) is 80.6 Å². The Kier molecular flexibility index (Phi) is 3.28. The minimum absolute atomic E-state index is 0.0746. The number of aryl methyl sites for hydroxylation is 1. The van der Waals surface area contributed by atoms with Gasteiger partial charge in [-0.05, 0) is 18.6 Å². The summed E-state index contributed by atoms with van der Waals surface area (Å²) in [6, 6.07) is 17.7. The Morgan fingerprint density at radius 1 is 1.00 bits per heavy atom. The molecule has 0 bridgehead atoms. The number of rotatable bonds is 2. The van der Waals surface area contributed by atoms with Crippen molar-refractivity contribution >= 4 is 22.4 Å². The highest BCUT2D eigenvalue weighted by molar-refractivity contribution is 7.15. The van der Waals surface area contributed by atoms with Crippen molar-refractivity contribution < 1.29 is 0 Å². The van der Waals surface area contributed by atoms with Gasteiger partial charge in [-0.25, -0.2) is 4.40 Å². The van der Waals surface area contributed by atoms with E-state index in [-0.39, 0.29) is 5.56 Å². The van der Waals surface area contributed by atoms with Crippen LogP contribution in [0.3, 0.4) is 0 Å². The van der Waals surface area contributed by atoms with Crippen LogP contribution in [0.15, 0.2) is 59.4 Å². The lowest BCUT2D eigenvalue weighted by Gasteiger charge is -1.97. The van der Waals surface area contributed by atoms with Crippen molar-refractivity contribution in [2.45, 2.75) is 6.92 Å². The van der Waals surface area contributed by atoms with Crippen LogP contribution >= 0.6 is 11.3 Å². The average Bonchev–Trinajstić information content (AvgIpc) is 3.11. The highest BCUT2D eigenvalue weighted by atomic mass is 32.1. The van der Waals surface area contributed by atoms with Gasteiger partial charge in [-0.2, -0.15) is 0 Å². The number of aromatic nitrogens is 3. The van der Waals surface area contributed by atoms with Crippen LogP contribution in [0.4, 0.5) is 0 Å². The zero-order valence-electron chi connectivity index (χ0n) is 12.4. The topological polar surface area (TPSA) is 47.3 Å². The van der Waals surface area contributed by atoms with Crippen molar-refractivity contribution in [3.63, 3.8) is 0 Å². The van der Waals surface area contributed by atoms with E-state index >= 15 is 0 Å². The van der Waals surface area contributed by atoms with Gasteiger partial charge in [0, 0.05) is 5.56 Å². The van der Waals surface area contributed by atoms with Crippen molar-refractivity contribution in [1.82, 2.24) is 14.6 Å². The third-order valence-electron chi connectivity index (χ3n) is 3.66. The van der Waals surface area contributed by atoms with Crippen molar-refractivity contribution in [3.8, 4) is 11.4 Å². The summed E-state index contributed by atoms with van der Waals surface area (Å²) in [6.45, 7) is 2.03. The quantitative estimate of drug-likeness (QED) is 0.571. The molecule has 0 spiro atoms. The number of hydrogen-bond donors (Lipinski definition) is 0. The molecule has 2 aromatic carbocycles. The van der Waals surface area contributed by atoms with E-state index in [1.807, 2.05) is 67.6 Å². The van der Waals surface area contributed by atoms with E-state index in [2.05, 4.69) is 10.2 Å². The summed E-state index contributed by atoms with van der Waals surface area (Å²) in [6.07, 6.45) is 1.89. The van der Waals surface area contributed by atoms with Gasteiger partial charge in [0.2, 0.25) is 4.96 Å². The molecule has 0 fully saturated rings. The van der Waals surface area contributed by atoms with Crippen LogP contribution in [0, 0.1) is 6.92 Å². The Bertz CT molecular complexity index is 1080. The summed E-state index contributed by atoms with van der Waals surface area (Å²) >= 11 is 1.36. The van der Waals surface area contributed by atoms with Gasteiger partial charge in [-0.1, -0.05) is 71.5 Å². The molecule has 4 nitrogen and oxygen atoms in total. The Morgan fingerprint density at radius 3 is 2.48 bits per heavy atom. The van der Waals surface area contributed by atoms with E-state index in [0.717, 1.165) is 11.1 Å². The molecule has 23 heavy (non-hydrogen) atoms. The molecular weight excluding hydrogens is 306 g/mol. The molecule has 5 heteroatoms. The third-order valence-corrected chi connectivity index (χ3v) is 4.61. The van der Waals surface area contributed by atoms with E-state index in [4.69, 9.17) is 0 Å². The van der Waals surface area contributed by atoms with Crippen LogP contribution in [0.2, 0.25) is 0 Å². The van der Waals surface area contributed by atoms with Crippen LogP contribution in [0.1, 0.15) is 11.1 Å². The molecule has 0 aliphatic heterocycles. The highest BCUT2D eigenvalue weighted by Crippen LogP contribution is 2.18. The third kappa shape index (κ3) is 2.45. The molecule has 0 saturated heterocycles. The van der Waals surface area contributed by atoms with Crippen molar-refractivity contribution in [2.75, 3.05) is 0 Å². The molecule has 0 aliphatic rings. The number of fused-ring (bicyclic) bond motifs is 1. The molecule has 0 aliphatic carbocycles. The number of thiazole rings is 1. The molecule has 2 aromatic heterocycles. The summed E-state index contributed by atoms with van der Waals surface area (Å²) < 4.78 is 2.25. The molecule has 112 valence electrons. The van der Waals surface area contributed by atoms with Crippen LogP contribution in [-0.4, -0.2) is 14.6 Å². The van der Waals surface area contributed by atoms with Crippen LogP contribution in [0.25, 0.3) is 22.4 Å². The summed E-state index contributed by atoms with van der Waals surface area (Å²) in [4.78, 5) is 13.3. The van der Waals surface area contributed by atoms with Crippen molar-refractivity contribution in [1.29, 1.82) is 0 Å². The number of benzene rings is 2. The molecule has 0 amide bonds. The van der Waals surface area contributed by atoms with Gasteiger partial charge < -0.3 is 0 Å². The fraction of sp³-hybridized carbons (Fsp3) is 0.0556. The van der Waals surface area contributed by atoms with Gasteiger partial charge in [0.1, 0.15) is 0 Å². The normalized spacial score (nSPS) is 12.1. The monoisotopic (exact) mass is 319 g/mol. The molecule has 4 aromatic rings. The Hall–Kier alpha value is -2.79. The molecule has 2 heterocycles. The van der Waals surface area contributed by atoms with E-state index in [0.29, 0.717) is 15.3 Å². The Morgan fingerprint density at radius 2 is 1.74 bits per heavy atom. The highest BCUT2D eigenvalue weighted by Gasteiger charge is 2.13. The number of nitrogens with zero attached hydrogens (tertiary/aromatic N) is 3. The maximum Gasteiger partial charge on any atom is 0.276 e. The largest absolute Gasteiger partial charge is 0.276 e. The molecule has 0 N–H and O–H groups in total. The molecule has 4 rings (SSSR count). The van der Waals surface area contributed by atoms with E-state index < -0.39 is 0 Å². The summed E-state index contributed by atoms with van der Waals surface area (Å²) in [5.41, 5.74) is 2.98. The lowest BCUT2D eigenvalue weighted by Crippen LogP contribution is -2.23. The standard InChI is InChI=1S/C18H13N3OS/c1-12-7-9-14(10-8-12)16-19-20-18-21(16)17(22)15(23-18)11-13-5-3-2-4-6-13/h2-11H,1H3. The SMILES string of the molecule is Cc1ccc(-c2nnc3sc(=Cc4ccccc4)c(=O)n23)cc1. The summed E-state index contributed by atoms with van der Waals surface area (Å²) in [5, 5.41) is 8.33. The zero-order valence-corrected chi connectivity index (χ0v) is 13.2. The number of hydrogen-bond acceptors (Lipinski definition) is 4. The minimum Gasteiger partial charge on any atom is -0.267 e. The first-order chi connectivity index (χ1) is 11.2. The lowest BCUT2D eigenvalue weighted by atomic mass is 10.1. The Labute approximate surface area is 136 Å². The molecule has 0 radical (unpaired) electrons. The minimum atomic E-state index is -0.0746. The van der Waals surface area contributed by atoms with Gasteiger partial charge in [0.25, 0.3) is 5.56 Å². The first-order valence-electron chi connectivity index (χ1n) is 7.24. The predicted molar refractivity (Wildman–Crippen MR) is 92.5 cm³/mol. The maximum absolute atomic E-state index is 12.7. The zero-order chi connectivity index (χ0) is 15.8. The molecule has 0 saturated carbocycles. The lowest BCUT2D eigenvalue weighted by molar-refractivity contribution is 1.09. The molecular formula is C18H13N3OS. The van der Waals surface area contributed by atoms with Crippen LogP contribution in [0.5, 0.6) is 0 Å². The van der Waals surface area contributed by atoms with Crippen LogP contribution < -0.4 is 10.1 Å². The second-order valence-corrected chi connectivity index (χ2v) is 6.34. The second kappa shape index (κ2) is 5.44. The van der Waals surface area contributed by atoms with E-state index in [1.54, 1.807) is 4.40 Å². The summed E-state index contributed by atoms with van der Waals surface area (Å²) in [7, 11) is 0. The van der Waals surface area contributed by atoms with E-state index in [1.165, 1.54) is 16.9 Å². The van der Waals surface area contributed by atoms with Gasteiger partial charge in [0.05, 0.1) is 4.53 Å². The fourth-order valence-corrected chi connectivity index (χ4v) is 3.37. The Balaban J connectivity index is 1.92.